The van der Waals surface area contributed by atoms with Crippen molar-refractivity contribution in [2.24, 2.45) is 0 Å². The van der Waals surface area contributed by atoms with Gasteiger partial charge >= 0.3 is 5.97 Å². The average Bonchev–Trinajstić information content (AvgIpc) is 2.18. The van der Waals surface area contributed by atoms with E-state index < -0.39 is 0 Å². The Morgan fingerprint density at radius 2 is 2.14 bits per heavy atom. The van der Waals surface area contributed by atoms with E-state index in [1.54, 1.807) is 6.07 Å². The van der Waals surface area contributed by atoms with Gasteiger partial charge in [0.15, 0.2) is 0 Å². The van der Waals surface area contributed by atoms with Gasteiger partial charge in [-0.15, -0.1) is 0 Å². The summed E-state index contributed by atoms with van der Waals surface area (Å²) < 4.78 is 6.07. The summed E-state index contributed by atoms with van der Waals surface area (Å²) in [6.45, 7) is 0.549. The Hall–Kier alpha value is -0.363. The third kappa shape index (κ3) is 3.41. The van der Waals surface area contributed by atoms with Crippen LogP contribution in [-0.4, -0.2) is 22.8 Å². The van der Waals surface area contributed by atoms with E-state index >= 15 is 0 Å². The van der Waals surface area contributed by atoms with Crippen molar-refractivity contribution in [1.29, 1.82) is 0 Å². The van der Waals surface area contributed by atoms with E-state index in [1.807, 2.05) is 18.2 Å². The molecule has 2 nitrogen and oxygen atoms in total. The quantitative estimate of drug-likeness (QED) is 0.365. The van der Waals surface area contributed by atoms with Crippen molar-refractivity contribution in [1.82, 2.24) is 0 Å². The summed E-state index contributed by atoms with van der Waals surface area (Å²) in [6.07, 6.45) is 0.987. The number of hydrogen-bond acceptors (Lipinski definition) is 2. The van der Waals surface area contributed by atoms with Gasteiger partial charge in [0.05, 0.1) is 12.2 Å². The van der Waals surface area contributed by atoms with Gasteiger partial charge in [0.2, 0.25) is 0 Å². The molecule has 0 spiro atoms. The molecule has 0 unspecified atom stereocenters. The van der Waals surface area contributed by atoms with Crippen LogP contribution in [0.25, 0.3) is 0 Å². The fraction of sp³-hybridized carbons (Fsp3) is 0.300. The van der Waals surface area contributed by atoms with Crippen LogP contribution >= 0.6 is 22.6 Å². The molecule has 0 aromatic heterocycles. The van der Waals surface area contributed by atoms with Crippen molar-refractivity contribution < 1.29 is 9.53 Å². The Morgan fingerprint density at radius 1 is 1.43 bits per heavy atom. The van der Waals surface area contributed by atoms with E-state index in [-0.39, 0.29) is 5.97 Å². The second-order valence-electron chi connectivity index (χ2n) is 2.97. The number of halogens is 1. The van der Waals surface area contributed by atoms with Gasteiger partial charge < -0.3 is 4.74 Å². The number of ether oxygens (including phenoxy) is 1. The van der Waals surface area contributed by atoms with Crippen LogP contribution in [0, 0.1) is 3.57 Å². The molecule has 1 rings (SSSR count). The lowest BCUT2D eigenvalue weighted by Crippen LogP contribution is -2.07. The van der Waals surface area contributed by atoms with Crippen LogP contribution in [0.4, 0.5) is 0 Å². The highest BCUT2D eigenvalue weighted by molar-refractivity contribution is 14.1. The zero-order valence-corrected chi connectivity index (χ0v) is 12.3. The molecule has 0 atom stereocenters. The van der Waals surface area contributed by atoms with E-state index in [9.17, 15) is 4.79 Å². The average molecular weight is 320 g/mol. The molecule has 0 radical (unpaired) electrons. The largest absolute Gasteiger partial charge is 0.462 e. The van der Waals surface area contributed by atoms with Gasteiger partial charge in [-0.3, -0.25) is 0 Å². The minimum absolute atomic E-state index is 0.204. The van der Waals surface area contributed by atoms with Crippen molar-refractivity contribution >= 4 is 38.8 Å². The second kappa shape index (κ2) is 6.18. The molecule has 0 N–H and O–H groups in total. The first-order chi connectivity index (χ1) is 6.75. The van der Waals surface area contributed by atoms with Gasteiger partial charge in [0.25, 0.3) is 0 Å². The summed E-state index contributed by atoms with van der Waals surface area (Å²) in [4.78, 5) is 11.5. The van der Waals surface area contributed by atoms with Gasteiger partial charge in [-0.05, 0) is 41.1 Å². The molecule has 0 aliphatic heterocycles. The van der Waals surface area contributed by atoms with Crippen molar-refractivity contribution in [2.45, 2.75) is 12.5 Å². The molecule has 0 saturated carbocycles. The monoisotopic (exact) mass is 320 g/mol. The van der Waals surface area contributed by atoms with Gasteiger partial charge in [0.1, 0.15) is 0 Å². The van der Waals surface area contributed by atoms with Crippen LogP contribution in [0.15, 0.2) is 24.3 Å². The maximum Gasteiger partial charge on any atom is 0.339 e. The fourth-order valence-electron chi connectivity index (χ4n) is 1.01. The van der Waals surface area contributed by atoms with Gasteiger partial charge in [0, 0.05) is 13.8 Å². The minimum atomic E-state index is -0.204. The SMILES string of the molecule is O=C(OCCC[SiH3])c1ccccc1I. The summed E-state index contributed by atoms with van der Waals surface area (Å²) in [5.41, 5.74) is 0.668. The van der Waals surface area contributed by atoms with Gasteiger partial charge in [-0.2, -0.15) is 0 Å². The van der Waals surface area contributed by atoms with Crippen LogP contribution in [0.2, 0.25) is 6.04 Å². The molecule has 14 heavy (non-hydrogen) atoms. The number of carbonyl (C=O) groups excluding carboxylic acids is 1. The summed E-state index contributed by atoms with van der Waals surface area (Å²) in [7, 11) is 1.17. The Balaban J connectivity index is 2.56. The van der Waals surface area contributed by atoms with Gasteiger partial charge in [-0.1, -0.05) is 18.2 Å². The lowest BCUT2D eigenvalue weighted by atomic mass is 10.2. The molecule has 76 valence electrons. The third-order valence-corrected chi connectivity index (χ3v) is 3.47. The predicted octanol–water partition coefficient (Wildman–Crippen LogP) is 1.62. The molecule has 0 saturated heterocycles. The van der Waals surface area contributed by atoms with Crippen molar-refractivity contribution in [2.75, 3.05) is 6.61 Å². The van der Waals surface area contributed by atoms with Gasteiger partial charge in [-0.25, -0.2) is 4.79 Å². The van der Waals surface area contributed by atoms with E-state index in [2.05, 4.69) is 22.6 Å². The topological polar surface area (TPSA) is 26.3 Å². The van der Waals surface area contributed by atoms with Crippen LogP contribution in [0.5, 0.6) is 0 Å². The van der Waals surface area contributed by atoms with Crippen molar-refractivity contribution in [3.63, 3.8) is 0 Å². The van der Waals surface area contributed by atoms with E-state index in [4.69, 9.17) is 4.74 Å². The molecule has 0 fully saturated rings. The second-order valence-corrected chi connectivity index (χ2v) is 5.13. The Morgan fingerprint density at radius 3 is 2.79 bits per heavy atom. The summed E-state index contributed by atoms with van der Waals surface area (Å²) in [5, 5.41) is 0. The van der Waals surface area contributed by atoms with E-state index in [0.717, 1.165) is 9.99 Å². The molecule has 4 heteroatoms. The molecule has 1 aromatic rings. The maximum atomic E-state index is 11.5. The van der Waals surface area contributed by atoms with Crippen LogP contribution in [-0.2, 0) is 4.74 Å². The zero-order chi connectivity index (χ0) is 10.4. The number of carbonyl (C=O) groups is 1. The molecule has 1 aromatic carbocycles. The van der Waals surface area contributed by atoms with Crippen LogP contribution < -0.4 is 0 Å². The van der Waals surface area contributed by atoms with Crippen molar-refractivity contribution in [3.8, 4) is 0 Å². The smallest absolute Gasteiger partial charge is 0.339 e. The molecule has 0 bridgehead atoms. The third-order valence-electron chi connectivity index (χ3n) is 1.82. The molecule has 0 amide bonds. The standard InChI is InChI=1S/C10H13IO2Si/c11-9-5-2-1-4-8(9)10(12)13-6-3-7-14/h1-2,4-5H,3,6-7H2,14H3. The first-order valence-corrected chi connectivity index (χ1v) is 7.16. The highest BCUT2D eigenvalue weighted by Crippen LogP contribution is 2.12. The van der Waals surface area contributed by atoms with Crippen LogP contribution in [0.1, 0.15) is 16.8 Å². The van der Waals surface area contributed by atoms with Crippen LogP contribution in [0.3, 0.4) is 0 Å². The first kappa shape index (κ1) is 11.7. The fourth-order valence-corrected chi connectivity index (χ4v) is 1.91. The first-order valence-electron chi connectivity index (χ1n) is 4.67. The highest BCUT2D eigenvalue weighted by Gasteiger charge is 2.09. The summed E-state index contributed by atoms with van der Waals surface area (Å²) >= 11 is 2.14. The summed E-state index contributed by atoms with van der Waals surface area (Å²) in [5.74, 6) is -0.204. The molecular formula is C10H13IO2Si. The number of hydrogen-bond donors (Lipinski definition) is 0. The van der Waals surface area contributed by atoms with Crippen molar-refractivity contribution in [3.05, 3.63) is 33.4 Å². The summed E-state index contributed by atoms with van der Waals surface area (Å²) in [6, 6.07) is 8.65. The maximum absolute atomic E-state index is 11.5. The minimum Gasteiger partial charge on any atom is -0.462 e. The molecule has 0 aliphatic rings. The number of rotatable bonds is 4. The van der Waals surface area contributed by atoms with E-state index in [1.165, 1.54) is 16.3 Å². The Bertz CT molecular complexity index is 315. The predicted molar refractivity (Wildman–Crippen MR) is 68.8 cm³/mol. The molecule has 0 heterocycles. The van der Waals surface area contributed by atoms with E-state index in [0.29, 0.717) is 12.2 Å². The lowest BCUT2D eigenvalue weighted by molar-refractivity contribution is 0.0504. The lowest BCUT2D eigenvalue weighted by Gasteiger charge is -2.04. The zero-order valence-electron chi connectivity index (χ0n) is 8.13. The normalized spacial score (nSPS) is 10.1. The molecule has 0 aliphatic carbocycles. The number of benzene rings is 1. The number of esters is 1. The Kier molecular flexibility index (Phi) is 5.17. The molecular weight excluding hydrogens is 307 g/mol. The Labute approximate surface area is 101 Å². The highest BCUT2D eigenvalue weighted by atomic mass is 127.